The fourth-order valence-electron chi connectivity index (χ4n) is 12.4. The lowest BCUT2D eigenvalue weighted by molar-refractivity contribution is 0.259. The molecule has 2 heterocycles. The highest BCUT2D eigenvalue weighted by Crippen LogP contribution is 2.60. The molecule has 1 saturated heterocycles. The zero-order chi connectivity index (χ0) is 44.3. The molecular weight excluding hydrogens is 819 g/mol. The zero-order valence-electron chi connectivity index (χ0n) is 37.9. The van der Waals surface area contributed by atoms with E-state index in [0.29, 0.717) is 17.1 Å². The quantitative estimate of drug-likeness (QED) is 0.174. The van der Waals surface area contributed by atoms with Crippen molar-refractivity contribution in [2.75, 3.05) is 4.90 Å². The van der Waals surface area contributed by atoms with E-state index in [1.807, 2.05) is 11.8 Å². The Kier molecular flexibility index (Phi) is 9.10. The molecule has 0 amide bonds. The van der Waals surface area contributed by atoms with Crippen molar-refractivity contribution in [2.45, 2.75) is 72.8 Å². The van der Waals surface area contributed by atoms with E-state index in [4.69, 9.17) is 0 Å². The molecule has 0 radical (unpaired) electrons. The first-order valence-electron chi connectivity index (χ1n) is 23.7. The van der Waals surface area contributed by atoms with E-state index in [2.05, 4.69) is 243 Å². The molecule has 1 fully saturated rings. The van der Waals surface area contributed by atoms with Crippen LogP contribution in [0.15, 0.2) is 205 Å². The fourth-order valence-corrected chi connectivity index (χ4v) is 13.9. The standard InChI is InChI=1S/C62H53N3S/c1-61(2)50-25-15-13-23-46(50)47-34-32-44(37-52(47)61)65(43-30-27-39(28-31-43)38-17-7-5-8-18-38)58-45-22-12-11-21-41(45)35-53-55(58)48-33-29-42(36-51(48)62(53,3)4)56-59-57(49-24-14-16-26-54(49)66-59)64-60(63-56)40-19-9-6-10-20-40/h5-37,46,50,56-57,59-60,63-64H,1-4H3. The van der Waals surface area contributed by atoms with Crippen LogP contribution < -0.4 is 15.5 Å². The average molecular weight is 872 g/mol. The molecule has 3 nitrogen and oxygen atoms in total. The average Bonchev–Trinajstić information content (AvgIpc) is 3.93. The van der Waals surface area contributed by atoms with E-state index < -0.39 is 0 Å². The molecule has 5 aliphatic rings. The van der Waals surface area contributed by atoms with Gasteiger partial charge < -0.3 is 4.90 Å². The molecular formula is C62H53N3S. The Morgan fingerprint density at radius 1 is 0.530 bits per heavy atom. The summed E-state index contributed by atoms with van der Waals surface area (Å²) in [5.41, 5.74) is 18.1. The minimum atomic E-state index is -0.256. The third kappa shape index (κ3) is 6.05. The van der Waals surface area contributed by atoms with Crippen molar-refractivity contribution in [3.05, 3.63) is 239 Å². The van der Waals surface area contributed by atoms with Gasteiger partial charge in [0.25, 0.3) is 0 Å². The zero-order valence-corrected chi connectivity index (χ0v) is 38.7. The first-order chi connectivity index (χ1) is 32.2. The Bertz CT molecular complexity index is 3270. The van der Waals surface area contributed by atoms with Crippen molar-refractivity contribution in [3.8, 4) is 22.3 Å². The molecule has 3 aliphatic carbocycles. The van der Waals surface area contributed by atoms with Crippen molar-refractivity contribution in [1.29, 1.82) is 0 Å². The molecule has 0 bridgehead atoms. The van der Waals surface area contributed by atoms with Crippen LogP contribution in [0.5, 0.6) is 0 Å². The van der Waals surface area contributed by atoms with Crippen molar-refractivity contribution in [1.82, 2.24) is 10.6 Å². The maximum Gasteiger partial charge on any atom is 0.0845 e. The van der Waals surface area contributed by atoms with Gasteiger partial charge in [0.15, 0.2) is 0 Å². The summed E-state index contributed by atoms with van der Waals surface area (Å²) >= 11 is 2.02. The normalized spacial score (nSPS) is 23.4. The minimum Gasteiger partial charge on any atom is -0.309 e. The Labute approximate surface area is 393 Å². The first kappa shape index (κ1) is 39.9. The third-order valence-corrected chi connectivity index (χ3v) is 17.3. The monoisotopic (exact) mass is 871 g/mol. The molecule has 2 N–H and O–H groups in total. The van der Waals surface area contributed by atoms with Crippen LogP contribution in [0.25, 0.3) is 33.0 Å². The molecule has 2 aliphatic heterocycles. The lowest BCUT2D eigenvalue weighted by atomic mass is 9.74. The van der Waals surface area contributed by atoms with Crippen LogP contribution in [0.1, 0.15) is 90.8 Å². The molecule has 6 unspecified atom stereocenters. The fraction of sp³-hybridized carbons (Fsp3) is 0.194. The third-order valence-electron chi connectivity index (χ3n) is 15.8. The van der Waals surface area contributed by atoms with Crippen LogP contribution in [0.4, 0.5) is 17.1 Å². The van der Waals surface area contributed by atoms with Gasteiger partial charge in [-0.05, 0) is 109 Å². The molecule has 322 valence electrons. The van der Waals surface area contributed by atoms with Crippen LogP contribution in [0.2, 0.25) is 0 Å². The number of hydrogen-bond donors (Lipinski definition) is 2. The molecule has 13 rings (SSSR count). The van der Waals surface area contributed by atoms with Crippen LogP contribution >= 0.6 is 11.8 Å². The van der Waals surface area contributed by atoms with E-state index in [1.54, 1.807) is 0 Å². The largest absolute Gasteiger partial charge is 0.309 e. The molecule has 4 heteroatoms. The maximum absolute atomic E-state index is 4.14. The summed E-state index contributed by atoms with van der Waals surface area (Å²) in [5.74, 6) is 0.820. The number of thioether (sulfide) groups is 1. The molecule has 0 saturated carbocycles. The second-order valence-corrected chi connectivity index (χ2v) is 21.3. The van der Waals surface area contributed by atoms with Crippen LogP contribution in [0.3, 0.4) is 0 Å². The molecule has 8 aromatic carbocycles. The van der Waals surface area contributed by atoms with E-state index >= 15 is 0 Å². The van der Waals surface area contributed by atoms with Gasteiger partial charge >= 0.3 is 0 Å². The SMILES string of the molecule is CC1(C)c2cc(C3NC(c4ccccc4)NC4c5ccccc5SC34)ccc2-c2c1cc1ccccc1c2N(c1ccc(-c2ccccc2)cc1)c1ccc2c(c1)C(C)(C)C1C=CC=CC21. The van der Waals surface area contributed by atoms with Gasteiger partial charge in [-0.1, -0.05) is 192 Å². The van der Waals surface area contributed by atoms with Crippen LogP contribution in [-0.2, 0) is 10.8 Å². The van der Waals surface area contributed by atoms with Gasteiger partial charge in [0.05, 0.1) is 11.9 Å². The predicted octanol–water partition coefficient (Wildman–Crippen LogP) is 15.5. The maximum atomic E-state index is 4.14. The topological polar surface area (TPSA) is 27.3 Å². The Balaban J connectivity index is 1.00. The second kappa shape index (κ2) is 15.1. The minimum absolute atomic E-state index is 0.0219. The first-order valence-corrected chi connectivity index (χ1v) is 24.6. The lowest BCUT2D eigenvalue weighted by Gasteiger charge is -2.41. The Hall–Kier alpha value is -6.43. The molecule has 66 heavy (non-hydrogen) atoms. The number of rotatable bonds is 6. The van der Waals surface area contributed by atoms with E-state index in [1.165, 1.54) is 88.2 Å². The highest BCUT2D eigenvalue weighted by atomic mass is 32.2. The number of anilines is 3. The van der Waals surface area contributed by atoms with Gasteiger partial charge in [-0.3, -0.25) is 10.6 Å². The van der Waals surface area contributed by atoms with Gasteiger partial charge in [-0.15, -0.1) is 11.8 Å². The van der Waals surface area contributed by atoms with Gasteiger partial charge in [-0.25, -0.2) is 0 Å². The van der Waals surface area contributed by atoms with Crippen molar-refractivity contribution in [3.63, 3.8) is 0 Å². The summed E-state index contributed by atoms with van der Waals surface area (Å²) in [6.07, 6.45) is 9.34. The summed E-state index contributed by atoms with van der Waals surface area (Å²) in [7, 11) is 0. The number of hydrogen-bond acceptors (Lipinski definition) is 4. The summed E-state index contributed by atoms with van der Waals surface area (Å²) in [6.45, 7) is 9.79. The number of nitrogens with one attached hydrogen (secondary N) is 2. The highest BCUT2D eigenvalue weighted by Gasteiger charge is 2.47. The highest BCUT2D eigenvalue weighted by molar-refractivity contribution is 8.00. The van der Waals surface area contributed by atoms with Crippen molar-refractivity contribution < 1.29 is 0 Å². The van der Waals surface area contributed by atoms with Gasteiger partial charge in [0, 0.05) is 55.9 Å². The number of nitrogens with zero attached hydrogens (tertiary/aromatic N) is 1. The van der Waals surface area contributed by atoms with Crippen molar-refractivity contribution in [2.24, 2.45) is 5.92 Å². The summed E-state index contributed by atoms with van der Waals surface area (Å²) < 4.78 is 0. The van der Waals surface area contributed by atoms with Crippen LogP contribution in [-0.4, -0.2) is 5.25 Å². The molecule has 8 aromatic rings. The Morgan fingerprint density at radius 2 is 1.23 bits per heavy atom. The van der Waals surface area contributed by atoms with Crippen molar-refractivity contribution >= 4 is 39.6 Å². The summed E-state index contributed by atoms with van der Waals surface area (Å²) in [6, 6.07) is 66.7. The molecule has 6 atom stereocenters. The van der Waals surface area contributed by atoms with E-state index in [9.17, 15) is 0 Å². The smallest absolute Gasteiger partial charge is 0.0845 e. The van der Waals surface area contributed by atoms with E-state index in [0.717, 1.165) is 5.69 Å². The molecule has 0 spiro atoms. The number of fused-ring (bicyclic) bond motifs is 10. The summed E-state index contributed by atoms with van der Waals surface area (Å²) in [4.78, 5) is 3.97. The van der Waals surface area contributed by atoms with Gasteiger partial charge in [-0.2, -0.15) is 0 Å². The second-order valence-electron chi connectivity index (χ2n) is 20.1. The number of allylic oxidation sites excluding steroid dienone is 4. The lowest BCUT2D eigenvalue weighted by Crippen LogP contribution is -2.50. The Morgan fingerprint density at radius 3 is 2.06 bits per heavy atom. The predicted molar refractivity (Wildman–Crippen MR) is 276 cm³/mol. The summed E-state index contributed by atoms with van der Waals surface area (Å²) in [5, 5.41) is 11.0. The van der Waals surface area contributed by atoms with Gasteiger partial charge in [0.2, 0.25) is 0 Å². The van der Waals surface area contributed by atoms with E-state index in [-0.39, 0.29) is 29.1 Å². The molecule has 0 aromatic heterocycles. The number of benzene rings is 8. The van der Waals surface area contributed by atoms with Crippen LogP contribution in [0, 0.1) is 5.92 Å². The van der Waals surface area contributed by atoms with Gasteiger partial charge in [0.1, 0.15) is 0 Å².